The van der Waals surface area contributed by atoms with Gasteiger partial charge in [0.15, 0.2) is 0 Å². The molecule has 1 aromatic carbocycles. The minimum atomic E-state index is -1.01. The fourth-order valence-electron chi connectivity index (χ4n) is 8.25. The Morgan fingerprint density at radius 3 is 2.83 bits per heavy atom. The van der Waals surface area contributed by atoms with E-state index in [4.69, 9.17) is 23.4 Å². The summed E-state index contributed by atoms with van der Waals surface area (Å²) in [5.41, 5.74) is -0.329. The van der Waals surface area contributed by atoms with Crippen LogP contribution in [0.5, 0.6) is 0 Å². The number of rotatable bonds is 4. The fourth-order valence-corrected chi connectivity index (χ4v) is 10.8. The first-order chi connectivity index (χ1) is 16.9. The molecule has 0 radical (unpaired) electrons. The van der Waals surface area contributed by atoms with Crippen LogP contribution in [0.2, 0.25) is 5.32 Å². The Bertz CT molecular complexity index is 1120. The summed E-state index contributed by atoms with van der Waals surface area (Å²) in [7, 11) is 0. The molecular weight excluding hydrogens is 511 g/mol. The molecule has 35 heavy (non-hydrogen) atoms. The van der Waals surface area contributed by atoms with Gasteiger partial charge in [0.05, 0.1) is 0 Å². The van der Waals surface area contributed by atoms with Crippen LogP contribution in [0.15, 0.2) is 53.3 Å². The second-order valence-corrected chi connectivity index (χ2v) is 13.5. The number of hydrogen-bond donors (Lipinski definition) is 0. The fraction of sp³-hybridized carbons (Fsp3) is 0.607. The molecule has 4 saturated heterocycles. The summed E-state index contributed by atoms with van der Waals surface area (Å²) < 4.78 is 32.6. The van der Waals surface area contributed by atoms with Gasteiger partial charge in [-0.25, -0.2) is 0 Å². The molecular formula is C28H32O6Se. The van der Waals surface area contributed by atoms with E-state index in [9.17, 15) is 4.79 Å². The van der Waals surface area contributed by atoms with Crippen LogP contribution in [-0.4, -0.2) is 45.2 Å². The van der Waals surface area contributed by atoms with Crippen molar-refractivity contribution in [3.63, 3.8) is 0 Å². The maximum absolute atomic E-state index is 13.9. The van der Waals surface area contributed by atoms with Gasteiger partial charge in [-0.3, -0.25) is 0 Å². The quantitative estimate of drug-likeness (QED) is 0.421. The molecule has 4 aliphatic heterocycles. The molecule has 6 nitrogen and oxygen atoms in total. The van der Waals surface area contributed by atoms with Crippen LogP contribution in [0.25, 0.3) is 0 Å². The van der Waals surface area contributed by atoms with Gasteiger partial charge in [0, 0.05) is 0 Å². The van der Waals surface area contributed by atoms with E-state index in [2.05, 4.69) is 37.3 Å². The Morgan fingerprint density at radius 2 is 2.03 bits per heavy atom. The van der Waals surface area contributed by atoms with Crippen molar-refractivity contribution in [2.45, 2.75) is 75.1 Å². The number of ether oxygens (including phenoxy) is 4. The van der Waals surface area contributed by atoms with Crippen molar-refractivity contribution in [3.8, 4) is 0 Å². The summed E-state index contributed by atoms with van der Waals surface area (Å²) in [6.45, 7) is 4.75. The van der Waals surface area contributed by atoms with Crippen LogP contribution in [0, 0.1) is 22.7 Å². The van der Waals surface area contributed by atoms with Crippen molar-refractivity contribution in [2.75, 3.05) is 6.61 Å². The van der Waals surface area contributed by atoms with E-state index in [1.807, 2.05) is 13.0 Å². The first-order valence-electron chi connectivity index (χ1n) is 12.8. The van der Waals surface area contributed by atoms with Gasteiger partial charge in [0.25, 0.3) is 0 Å². The summed E-state index contributed by atoms with van der Waals surface area (Å²) >= 11 is 0.252. The number of cyclic esters (lactones) is 1. The van der Waals surface area contributed by atoms with Gasteiger partial charge in [-0.2, -0.15) is 0 Å². The van der Waals surface area contributed by atoms with Crippen molar-refractivity contribution in [2.24, 2.45) is 22.7 Å². The molecule has 6 aliphatic rings. The number of carbonyl (C=O) groups is 1. The molecule has 2 bridgehead atoms. The molecule has 186 valence electrons. The van der Waals surface area contributed by atoms with Gasteiger partial charge < -0.3 is 0 Å². The molecule has 2 spiro atoms. The molecule has 1 aromatic heterocycles. The van der Waals surface area contributed by atoms with Crippen molar-refractivity contribution in [3.05, 3.63) is 54.5 Å². The van der Waals surface area contributed by atoms with E-state index in [1.165, 1.54) is 4.46 Å². The van der Waals surface area contributed by atoms with Gasteiger partial charge in [-0.15, -0.1) is 0 Å². The van der Waals surface area contributed by atoms with Crippen LogP contribution < -0.4 is 4.46 Å². The normalized spacial score (nSPS) is 45.9. The van der Waals surface area contributed by atoms with Gasteiger partial charge in [0.1, 0.15) is 0 Å². The SMILES string of the molecule is C[C@@H]1C[C@@H]2OC3(C)OC[C@]24[C@H](CCC[C@@]4(C[Se]c2ccccc2)O3)[C@@]12C[C@@H](c1ccoc1)OC2=O. The molecule has 0 N–H and O–H groups in total. The third kappa shape index (κ3) is 2.96. The molecule has 1 unspecified atom stereocenters. The molecule has 0 amide bonds. The molecule has 8 rings (SSSR count). The maximum atomic E-state index is 13.9. The monoisotopic (exact) mass is 544 g/mol. The van der Waals surface area contributed by atoms with Crippen LogP contribution in [0.1, 0.15) is 57.6 Å². The summed E-state index contributed by atoms with van der Waals surface area (Å²) in [5.74, 6) is -0.817. The first kappa shape index (κ1) is 22.6. The summed E-state index contributed by atoms with van der Waals surface area (Å²) in [6, 6.07) is 12.7. The van der Waals surface area contributed by atoms with E-state index >= 15 is 0 Å². The predicted octanol–water partition coefficient (Wildman–Crippen LogP) is 4.39. The molecule has 6 fully saturated rings. The van der Waals surface area contributed by atoms with Crippen LogP contribution >= 0.6 is 0 Å². The summed E-state index contributed by atoms with van der Waals surface area (Å²) in [6.07, 6.45) is 7.63. The third-order valence-electron chi connectivity index (χ3n) is 9.78. The first-order valence-corrected chi connectivity index (χ1v) is 14.9. The van der Waals surface area contributed by atoms with Crippen LogP contribution in [0.4, 0.5) is 0 Å². The zero-order valence-electron chi connectivity index (χ0n) is 20.2. The van der Waals surface area contributed by atoms with E-state index in [-0.39, 0.29) is 56.0 Å². The Balaban J connectivity index is 1.32. The number of hydrogen-bond acceptors (Lipinski definition) is 6. The standard InChI is InChI=1S/C28H32O6Se/c1-18-13-23-28-16-31-25(2,33-23)34-26(28,17-35-20-7-4-3-5-8-20)11-6-9-22(28)27(18)14-21(32-24(27)29)19-10-12-30-15-19/h3-5,7-8,10,12,15,18,21-23H,6,9,11,13-14,16-17H2,1-2H3/t18-,21+,22-,23+,25?,26+,27-,28+/m1/s1. The van der Waals surface area contributed by atoms with Crippen molar-refractivity contribution in [1.82, 2.24) is 0 Å². The number of furan rings is 1. The van der Waals surface area contributed by atoms with Crippen molar-refractivity contribution in [1.29, 1.82) is 0 Å². The molecule has 7 heteroatoms. The Kier molecular flexibility index (Phi) is 4.95. The van der Waals surface area contributed by atoms with Gasteiger partial charge in [-0.1, -0.05) is 0 Å². The summed E-state index contributed by atoms with van der Waals surface area (Å²) in [4.78, 5) is 13.9. The predicted molar refractivity (Wildman–Crippen MR) is 128 cm³/mol. The average Bonchev–Trinajstić information content (AvgIpc) is 3.50. The topological polar surface area (TPSA) is 67.1 Å². The Morgan fingerprint density at radius 1 is 1.17 bits per heavy atom. The van der Waals surface area contributed by atoms with Crippen molar-refractivity contribution >= 4 is 25.4 Å². The molecule has 8 atom stereocenters. The van der Waals surface area contributed by atoms with Gasteiger partial charge in [0.2, 0.25) is 0 Å². The third-order valence-corrected chi connectivity index (χ3v) is 12.3. The molecule has 5 heterocycles. The number of carbonyl (C=O) groups excluding carboxylic acids is 1. The number of fused-ring (bicyclic) bond motifs is 2. The van der Waals surface area contributed by atoms with Gasteiger partial charge >= 0.3 is 212 Å². The van der Waals surface area contributed by atoms with E-state index in [1.54, 1.807) is 12.5 Å². The number of benzene rings is 1. The van der Waals surface area contributed by atoms with Gasteiger partial charge in [-0.05, 0) is 0 Å². The van der Waals surface area contributed by atoms with E-state index in [0.29, 0.717) is 13.0 Å². The molecule has 2 aliphatic carbocycles. The minimum absolute atomic E-state index is 0.0215. The zero-order chi connectivity index (χ0) is 23.9. The number of esters is 1. The second-order valence-electron chi connectivity index (χ2n) is 11.3. The zero-order valence-corrected chi connectivity index (χ0v) is 21.9. The average molecular weight is 544 g/mol. The Hall–Kier alpha value is -1.63. The van der Waals surface area contributed by atoms with Crippen LogP contribution in [0.3, 0.4) is 0 Å². The summed E-state index contributed by atoms with van der Waals surface area (Å²) in [5, 5.41) is 0.962. The molecule has 2 aromatic rings. The van der Waals surface area contributed by atoms with E-state index in [0.717, 1.165) is 36.6 Å². The van der Waals surface area contributed by atoms with E-state index < -0.39 is 11.4 Å². The second kappa shape index (κ2) is 7.69. The molecule has 2 saturated carbocycles. The Labute approximate surface area is 212 Å². The van der Waals surface area contributed by atoms with Crippen LogP contribution in [-0.2, 0) is 23.7 Å². The van der Waals surface area contributed by atoms with Crippen molar-refractivity contribution < 1.29 is 28.2 Å².